The molecule has 1 aliphatic carbocycles. The molecule has 3 rings (SSSR count). The third-order valence-electron chi connectivity index (χ3n) is 2.83. The van der Waals surface area contributed by atoms with Crippen LogP contribution in [0.5, 0.6) is 0 Å². The van der Waals surface area contributed by atoms with Crippen LogP contribution < -0.4 is 5.73 Å². The molecule has 0 amide bonds. The van der Waals surface area contributed by atoms with Crippen molar-refractivity contribution in [1.82, 2.24) is 9.55 Å². The lowest BCUT2D eigenvalue weighted by molar-refractivity contribution is 0.766. The van der Waals surface area contributed by atoms with E-state index in [-0.39, 0.29) is 5.84 Å². The summed E-state index contributed by atoms with van der Waals surface area (Å²) in [5, 5.41) is 7.36. The Hall–Kier alpha value is -1.84. The number of hydrogen-bond acceptors (Lipinski definition) is 2. The number of nitrogens with two attached hydrogens (primary N) is 1. The van der Waals surface area contributed by atoms with E-state index in [0.717, 1.165) is 16.6 Å². The van der Waals surface area contributed by atoms with Crippen LogP contribution >= 0.6 is 0 Å². The third-order valence-corrected chi connectivity index (χ3v) is 2.83. The number of imidazole rings is 1. The summed E-state index contributed by atoms with van der Waals surface area (Å²) in [6.45, 7) is 0. The molecule has 2 aromatic rings. The van der Waals surface area contributed by atoms with Crippen LogP contribution in [-0.4, -0.2) is 15.4 Å². The van der Waals surface area contributed by atoms with Crippen molar-refractivity contribution < 1.29 is 0 Å². The maximum Gasteiger partial charge on any atom is 0.122 e. The number of rotatable bonds is 2. The van der Waals surface area contributed by atoms with Crippen molar-refractivity contribution in [3.63, 3.8) is 0 Å². The fourth-order valence-corrected chi connectivity index (χ4v) is 1.84. The zero-order chi connectivity index (χ0) is 10.4. The van der Waals surface area contributed by atoms with Gasteiger partial charge in [-0.15, -0.1) is 0 Å². The van der Waals surface area contributed by atoms with Gasteiger partial charge in [-0.25, -0.2) is 4.98 Å². The minimum atomic E-state index is 0.0953. The highest BCUT2D eigenvalue weighted by atomic mass is 15.1. The van der Waals surface area contributed by atoms with Gasteiger partial charge in [-0.2, -0.15) is 0 Å². The maximum atomic E-state index is 7.36. The normalized spacial score (nSPS) is 15.7. The Labute approximate surface area is 87.2 Å². The fourth-order valence-electron chi connectivity index (χ4n) is 1.84. The van der Waals surface area contributed by atoms with Gasteiger partial charge in [0.05, 0.1) is 17.4 Å². The first-order valence-corrected chi connectivity index (χ1v) is 5.07. The van der Waals surface area contributed by atoms with E-state index >= 15 is 0 Å². The Morgan fingerprint density at radius 3 is 2.93 bits per heavy atom. The first kappa shape index (κ1) is 8.47. The van der Waals surface area contributed by atoms with Gasteiger partial charge < -0.3 is 10.3 Å². The van der Waals surface area contributed by atoms with E-state index in [9.17, 15) is 0 Å². The summed E-state index contributed by atoms with van der Waals surface area (Å²) >= 11 is 0. The van der Waals surface area contributed by atoms with E-state index in [4.69, 9.17) is 11.1 Å². The summed E-state index contributed by atoms with van der Waals surface area (Å²) in [7, 11) is 0. The standard InChI is InChI=1S/C11H12N4/c12-11(13)7-1-4-10-9(5-7)14-6-15(10)8-2-3-8/h1,4-6,8H,2-3H2,(H3,12,13). The molecule has 0 aliphatic heterocycles. The lowest BCUT2D eigenvalue weighted by Crippen LogP contribution is -2.10. The lowest BCUT2D eigenvalue weighted by atomic mass is 10.2. The van der Waals surface area contributed by atoms with E-state index in [1.54, 1.807) is 0 Å². The molecule has 0 unspecified atom stereocenters. The van der Waals surface area contributed by atoms with Crippen LogP contribution in [0.25, 0.3) is 11.0 Å². The SMILES string of the molecule is N=C(N)c1ccc2c(c1)ncn2C1CC1. The molecule has 4 nitrogen and oxygen atoms in total. The van der Waals surface area contributed by atoms with Crippen LogP contribution in [0.15, 0.2) is 24.5 Å². The van der Waals surface area contributed by atoms with E-state index in [0.29, 0.717) is 6.04 Å². The molecule has 1 fully saturated rings. The molecule has 76 valence electrons. The van der Waals surface area contributed by atoms with E-state index in [2.05, 4.69) is 9.55 Å². The number of fused-ring (bicyclic) bond motifs is 1. The lowest BCUT2D eigenvalue weighted by Gasteiger charge is -2.01. The maximum absolute atomic E-state index is 7.36. The quantitative estimate of drug-likeness (QED) is 0.571. The molecule has 0 saturated heterocycles. The van der Waals surface area contributed by atoms with Crippen LogP contribution in [0.3, 0.4) is 0 Å². The highest BCUT2D eigenvalue weighted by Crippen LogP contribution is 2.37. The second-order valence-corrected chi connectivity index (χ2v) is 4.00. The minimum Gasteiger partial charge on any atom is -0.384 e. The molecule has 0 bridgehead atoms. The highest BCUT2D eigenvalue weighted by Gasteiger charge is 2.24. The third kappa shape index (κ3) is 1.29. The number of nitrogens with zero attached hydrogens (tertiary/aromatic N) is 2. The van der Waals surface area contributed by atoms with Crippen LogP contribution in [-0.2, 0) is 0 Å². The highest BCUT2D eigenvalue weighted by molar-refractivity contribution is 5.97. The first-order valence-electron chi connectivity index (χ1n) is 5.07. The average molecular weight is 200 g/mol. The van der Waals surface area contributed by atoms with Crippen molar-refractivity contribution in [3.05, 3.63) is 30.1 Å². The second-order valence-electron chi connectivity index (χ2n) is 4.00. The first-order chi connectivity index (χ1) is 7.25. The fraction of sp³-hybridized carbons (Fsp3) is 0.273. The minimum absolute atomic E-state index is 0.0953. The number of benzene rings is 1. The summed E-state index contributed by atoms with van der Waals surface area (Å²) < 4.78 is 2.21. The molecule has 0 spiro atoms. The molecular formula is C11H12N4. The molecule has 1 heterocycles. The zero-order valence-corrected chi connectivity index (χ0v) is 8.27. The molecule has 4 heteroatoms. The predicted octanol–water partition coefficient (Wildman–Crippen LogP) is 1.66. The number of nitrogen functional groups attached to an aromatic ring is 1. The van der Waals surface area contributed by atoms with Gasteiger partial charge in [-0.1, -0.05) is 0 Å². The summed E-state index contributed by atoms with van der Waals surface area (Å²) in [6, 6.07) is 6.39. The second kappa shape index (κ2) is 2.82. The van der Waals surface area contributed by atoms with Gasteiger partial charge in [-0.3, -0.25) is 5.41 Å². The van der Waals surface area contributed by atoms with Gasteiger partial charge in [0, 0.05) is 11.6 Å². The Balaban J connectivity index is 2.17. The van der Waals surface area contributed by atoms with Crippen LogP contribution in [0.4, 0.5) is 0 Å². The van der Waals surface area contributed by atoms with Crippen LogP contribution in [0, 0.1) is 5.41 Å². The van der Waals surface area contributed by atoms with Crippen LogP contribution in [0.2, 0.25) is 0 Å². The van der Waals surface area contributed by atoms with Crippen molar-refractivity contribution in [1.29, 1.82) is 5.41 Å². The topological polar surface area (TPSA) is 67.7 Å². The molecule has 1 aromatic heterocycles. The Bertz CT molecular complexity index is 537. The van der Waals surface area contributed by atoms with Gasteiger partial charge in [0.15, 0.2) is 0 Å². The summed E-state index contributed by atoms with van der Waals surface area (Å²) in [6.07, 6.45) is 4.38. The van der Waals surface area contributed by atoms with E-state index in [1.165, 1.54) is 12.8 Å². The van der Waals surface area contributed by atoms with Gasteiger partial charge in [-0.05, 0) is 31.0 Å². The summed E-state index contributed by atoms with van der Waals surface area (Å²) in [4.78, 5) is 4.33. The summed E-state index contributed by atoms with van der Waals surface area (Å²) in [5.41, 5.74) is 8.24. The van der Waals surface area contributed by atoms with Crippen molar-refractivity contribution >= 4 is 16.9 Å². The predicted molar refractivity (Wildman–Crippen MR) is 59.0 cm³/mol. The smallest absolute Gasteiger partial charge is 0.122 e. The Morgan fingerprint density at radius 1 is 1.47 bits per heavy atom. The van der Waals surface area contributed by atoms with Gasteiger partial charge in [0.1, 0.15) is 5.84 Å². The van der Waals surface area contributed by atoms with Gasteiger partial charge in [0.2, 0.25) is 0 Å². The number of amidine groups is 1. The average Bonchev–Trinajstić information content (AvgIpc) is 2.98. The number of aromatic nitrogens is 2. The van der Waals surface area contributed by atoms with Gasteiger partial charge in [0.25, 0.3) is 0 Å². The Kier molecular flexibility index (Phi) is 1.59. The molecule has 0 radical (unpaired) electrons. The monoisotopic (exact) mass is 200 g/mol. The van der Waals surface area contributed by atoms with Crippen molar-refractivity contribution in [3.8, 4) is 0 Å². The molecule has 0 atom stereocenters. The van der Waals surface area contributed by atoms with Crippen molar-refractivity contribution in [2.24, 2.45) is 5.73 Å². The molecule has 3 N–H and O–H groups in total. The number of hydrogen-bond donors (Lipinski definition) is 2. The van der Waals surface area contributed by atoms with Crippen molar-refractivity contribution in [2.45, 2.75) is 18.9 Å². The largest absolute Gasteiger partial charge is 0.384 e. The molecular weight excluding hydrogens is 188 g/mol. The molecule has 1 aromatic carbocycles. The molecule has 1 aliphatic rings. The molecule has 15 heavy (non-hydrogen) atoms. The van der Waals surface area contributed by atoms with E-state index < -0.39 is 0 Å². The number of nitrogens with one attached hydrogen (secondary N) is 1. The zero-order valence-electron chi connectivity index (χ0n) is 8.27. The molecule has 1 saturated carbocycles. The summed E-state index contributed by atoms with van der Waals surface area (Å²) in [5.74, 6) is 0.0953. The van der Waals surface area contributed by atoms with Crippen LogP contribution in [0.1, 0.15) is 24.4 Å². The Morgan fingerprint density at radius 2 is 2.27 bits per heavy atom. The van der Waals surface area contributed by atoms with E-state index in [1.807, 2.05) is 24.5 Å². The van der Waals surface area contributed by atoms with Gasteiger partial charge >= 0.3 is 0 Å². The van der Waals surface area contributed by atoms with Crippen molar-refractivity contribution in [2.75, 3.05) is 0 Å².